The zero-order chi connectivity index (χ0) is 15.1. The number of halogens is 1. The van der Waals surface area contributed by atoms with Gasteiger partial charge in [-0.2, -0.15) is 0 Å². The van der Waals surface area contributed by atoms with Crippen LogP contribution in [0.15, 0.2) is 12.1 Å². The summed E-state index contributed by atoms with van der Waals surface area (Å²) in [5.74, 6) is -0.683. The molecule has 2 atom stereocenters. The number of nitrogens with zero attached hydrogens (tertiary/aromatic N) is 1. The number of aromatic nitrogens is 2. The topological polar surface area (TPSA) is 61.1 Å². The van der Waals surface area contributed by atoms with Gasteiger partial charge >= 0.3 is 0 Å². The summed E-state index contributed by atoms with van der Waals surface area (Å²) in [7, 11) is 0. The molecule has 0 spiro atoms. The lowest BCUT2D eigenvalue weighted by atomic mass is 10.1. The van der Waals surface area contributed by atoms with E-state index in [0.717, 1.165) is 0 Å². The summed E-state index contributed by atoms with van der Waals surface area (Å²) in [5, 5.41) is 0. The Hall–Kier alpha value is -1.73. The lowest BCUT2D eigenvalue weighted by molar-refractivity contribution is -0.0440. The molecule has 112 valence electrons. The lowest BCUT2D eigenvalue weighted by Gasteiger charge is -2.37. The molecule has 1 aromatic heterocycles. The summed E-state index contributed by atoms with van der Waals surface area (Å²) < 4.78 is 19.6. The molecule has 0 aliphatic carbocycles. The van der Waals surface area contributed by atoms with Gasteiger partial charge in [0.1, 0.15) is 5.82 Å². The van der Waals surface area contributed by atoms with E-state index in [2.05, 4.69) is 9.97 Å². The van der Waals surface area contributed by atoms with Gasteiger partial charge in [0.25, 0.3) is 5.91 Å². The summed E-state index contributed by atoms with van der Waals surface area (Å²) in [6.07, 6.45) is -0.0449. The summed E-state index contributed by atoms with van der Waals surface area (Å²) in [5.41, 5.74) is 1.33. The van der Waals surface area contributed by atoms with Gasteiger partial charge in [0.05, 0.1) is 35.3 Å². The fourth-order valence-corrected chi connectivity index (χ4v) is 2.86. The van der Waals surface area contributed by atoms with E-state index in [1.165, 1.54) is 12.1 Å². The van der Waals surface area contributed by atoms with Crippen LogP contribution in [0.5, 0.6) is 0 Å². The largest absolute Gasteiger partial charge is 0.375 e. The Morgan fingerprint density at radius 1 is 1.43 bits per heavy atom. The van der Waals surface area contributed by atoms with Crippen molar-refractivity contribution in [2.24, 2.45) is 0 Å². The van der Waals surface area contributed by atoms with Gasteiger partial charge in [-0.3, -0.25) is 4.79 Å². The fourth-order valence-electron chi connectivity index (χ4n) is 2.65. The van der Waals surface area contributed by atoms with Gasteiger partial charge in [0, 0.05) is 6.54 Å². The SMILES string of the molecule is C[C@@H]1[C@@H](C)OCCN1C(=O)c1cc(F)cc2[nH]c(=S)[nH]c12. The number of benzene rings is 1. The first kappa shape index (κ1) is 14.2. The van der Waals surface area contributed by atoms with Gasteiger partial charge < -0.3 is 19.6 Å². The van der Waals surface area contributed by atoms with Crippen LogP contribution in [-0.4, -0.2) is 46.1 Å². The van der Waals surface area contributed by atoms with E-state index in [-0.39, 0.29) is 18.1 Å². The average Bonchev–Trinajstić information content (AvgIpc) is 2.80. The molecule has 1 aliphatic heterocycles. The van der Waals surface area contributed by atoms with Gasteiger partial charge in [-0.25, -0.2) is 4.39 Å². The number of aromatic amines is 2. The van der Waals surface area contributed by atoms with Gasteiger partial charge in [-0.15, -0.1) is 0 Å². The molecule has 2 heterocycles. The standard InChI is InChI=1S/C14H16FN3O2S/c1-7-8(2)20-4-3-18(7)13(19)10-5-9(15)6-11-12(10)17-14(21)16-11/h5-8H,3-4H2,1-2H3,(H2,16,17,21)/t7-,8-/m1/s1. The van der Waals surface area contributed by atoms with Crippen molar-refractivity contribution >= 4 is 29.2 Å². The van der Waals surface area contributed by atoms with E-state index in [0.29, 0.717) is 34.5 Å². The fraction of sp³-hybridized carbons (Fsp3) is 0.429. The maximum absolute atomic E-state index is 13.7. The van der Waals surface area contributed by atoms with Crippen LogP contribution in [0.1, 0.15) is 24.2 Å². The van der Waals surface area contributed by atoms with E-state index in [1.807, 2.05) is 13.8 Å². The van der Waals surface area contributed by atoms with E-state index >= 15 is 0 Å². The molecule has 7 heteroatoms. The number of ether oxygens (including phenoxy) is 1. The van der Waals surface area contributed by atoms with Crippen LogP contribution in [0.2, 0.25) is 0 Å². The number of imidazole rings is 1. The second-order valence-electron chi connectivity index (χ2n) is 5.27. The summed E-state index contributed by atoms with van der Waals surface area (Å²) >= 11 is 5.02. The summed E-state index contributed by atoms with van der Waals surface area (Å²) in [6, 6.07) is 2.51. The van der Waals surface area contributed by atoms with Crippen molar-refractivity contribution in [2.45, 2.75) is 26.0 Å². The van der Waals surface area contributed by atoms with Crippen LogP contribution in [-0.2, 0) is 4.74 Å². The molecule has 0 radical (unpaired) electrons. The predicted molar refractivity (Wildman–Crippen MR) is 79.4 cm³/mol. The van der Waals surface area contributed by atoms with Crippen LogP contribution in [0.4, 0.5) is 4.39 Å². The van der Waals surface area contributed by atoms with Gasteiger partial charge in [0.2, 0.25) is 0 Å². The summed E-state index contributed by atoms with van der Waals surface area (Å²) in [6.45, 7) is 4.83. The minimum absolute atomic E-state index is 0.0449. The van der Waals surface area contributed by atoms with E-state index in [1.54, 1.807) is 4.90 Å². The normalized spacial score (nSPS) is 22.7. The predicted octanol–water partition coefficient (Wildman–Crippen LogP) is 2.61. The first-order valence-corrected chi connectivity index (χ1v) is 7.22. The Kier molecular flexibility index (Phi) is 3.54. The molecule has 3 rings (SSSR count). The zero-order valence-electron chi connectivity index (χ0n) is 11.8. The molecule has 0 saturated carbocycles. The van der Waals surface area contributed by atoms with E-state index in [9.17, 15) is 9.18 Å². The van der Waals surface area contributed by atoms with E-state index in [4.69, 9.17) is 17.0 Å². The minimum Gasteiger partial charge on any atom is -0.375 e. The van der Waals surface area contributed by atoms with Crippen molar-refractivity contribution in [2.75, 3.05) is 13.2 Å². The van der Waals surface area contributed by atoms with Crippen LogP contribution >= 0.6 is 12.2 Å². The second-order valence-corrected chi connectivity index (χ2v) is 5.68. The molecule has 0 unspecified atom stereocenters. The quantitative estimate of drug-likeness (QED) is 0.796. The van der Waals surface area contributed by atoms with Gasteiger partial charge in [-0.1, -0.05) is 0 Å². The van der Waals surface area contributed by atoms with Gasteiger partial charge in [0.15, 0.2) is 4.77 Å². The average molecular weight is 309 g/mol. The molecule has 2 N–H and O–H groups in total. The molecule has 1 aliphatic rings. The Labute approximate surface area is 126 Å². The number of carbonyl (C=O) groups is 1. The Bertz CT molecular complexity index is 754. The van der Waals surface area contributed by atoms with Crippen molar-refractivity contribution in [3.63, 3.8) is 0 Å². The zero-order valence-corrected chi connectivity index (χ0v) is 12.6. The highest BCUT2D eigenvalue weighted by molar-refractivity contribution is 7.71. The molecule has 1 saturated heterocycles. The number of morpholine rings is 1. The second kappa shape index (κ2) is 5.23. The molecule has 1 amide bonds. The van der Waals surface area contributed by atoms with Gasteiger partial charge in [-0.05, 0) is 38.2 Å². The van der Waals surface area contributed by atoms with Crippen LogP contribution < -0.4 is 0 Å². The molecule has 2 aromatic rings. The number of hydrogen-bond acceptors (Lipinski definition) is 3. The molecule has 1 fully saturated rings. The highest BCUT2D eigenvalue weighted by atomic mass is 32.1. The van der Waals surface area contributed by atoms with Crippen molar-refractivity contribution in [1.82, 2.24) is 14.9 Å². The number of nitrogens with one attached hydrogen (secondary N) is 2. The molecular formula is C14H16FN3O2S. The summed E-state index contributed by atoms with van der Waals surface area (Å²) in [4.78, 5) is 20.2. The number of fused-ring (bicyclic) bond motifs is 1. The number of carbonyl (C=O) groups excluding carboxylic acids is 1. The Morgan fingerprint density at radius 2 is 2.19 bits per heavy atom. The molecule has 5 nitrogen and oxygen atoms in total. The van der Waals surface area contributed by atoms with Crippen LogP contribution in [0.25, 0.3) is 11.0 Å². The Balaban J connectivity index is 2.07. The maximum atomic E-state index is 13.7. The van der Waals surface area contributed by atoms with Crippen LogP contribution in [0, 0.1) is 10.6 Å². The third-order valence-corrected chi connectivity index (χ3v) is 4.17. The molecule has 21 heavy (non-hydrogen) atoms. The number of amides is 1. The molecule has 1 aromatic carbocycles. The third-order valence-electron chi connectivity index (χ3n) is 3.97. The lowest BCUT2D eigenvalue weighted by Crippen LogP contribution is -2.51. The molecule has 0 bridgehead atoms. The highest BCUT2D eigenvalue weighted by Gasteiger charge is 2.31. The van der Waals surface area contributed by atoms with Crippen molar-refractivity contribution < 1.29 is 13.9 Å². The highest BCUT2D eigenvalue weighted by Crippen LogP contribution is 2.22. The Morgan fingerprint density at radius 3 is 2.95 bits per heavy atom. The monoisotopic (exact) mass is 309 g/mol. The van der Waals surface area contributed by atoms with E-state index < -0.39 is 5.82 Å². The first-order chi connectivity index (χ1) is 9.97. The smallest absolute Gasteiger partial charge is 0.256 e. The third kappa shape index (κ3) is 2.47. The van der Waals surface area contributed by atoms with Crippen molar-refractivity contribution in [1.29, 1.82) is 0 Å². The number of H-pyrrole nitrogens is 2. The number of hydrogen-bond donors (Lipinski definition) is 2. The first-order valence-electron chi connectivity index (χ1n) is 6.81. The maximum Gasteiger partial charge on any atom is 0.256 e. The number of rotatable bonds is 1. The van der Waals surface area contributed by atoms with Crippen molar-refractivity contribution in [3.8, 4) is 0 Å². The molecular weight excluding hydrogens is 293 g/mol. The van der Waals surface area contributed by atoms with Crippen LogP contribution in [0.3, 0.4) is 0 Å². The van der Waals surface area contributed by atoms with Crippen molar-refractivity contribution in [3.05, 3.63) is 28.3 Å². The minimum atomic E-state index is -0.468.